The highest BCUT2D eigenvalue weighted by atomic mass is 32.2. The Bertz CT molecular complexity index is 440. The summed E-state index contributed by atoms with van der Waals surface area (Å²) in [5.74, 6) is 6.15. The lowest BCUT2D eigenvalue weighted by molar-refractivity contribution is -0.123. The number of nitrogens with two attached hydrogens (primary N) is 1. The van der Waals surface area contributed by atoms with E-state index in [-0.39, 0.29) is 11.8 Å². The number of rotatable bonds is 4. The summed E-state index contributed by atoms with van der Waals surface area (Å²) in [6.07, 6.45) is 0. The van der Waals surface area contributed by atoms with E-state index in [4.69, 9.17) is 5.84 Å². The molecule has 0 spiro atoms. The van der Waals surface area contributed by atoms with Crippen LogP contribution in [0.5, 0.6) is 0 Å². The van der Waals surface area contributed by atoms with E-state index in [1.807, 2.05) is 42.1 Å². The van der Waals surface area contributed by atoms with E-state index in [2.05, 4.69) is 24.2 Å². The largest absolute Gasteiger partial charge is 0.298 e. The van der Waals surface area contributed by atoms with Gasteiger partial charge in [0.2, 0.25) is 5.91 Å². The Hall–Kier alpha value is -1.04. The van der Waals surface area contributed by atoms with E-state index < -0.39 is 0 Å². The quantitative estimate of drug-likeness (QED) is 0.503. The lowest BCUT2D eigenvalue weighted by Crippen LogP contribution is -2.49. The molecule has 0 bridgehead atoms. The first-order chi connectivity index (χ1) is 9.63. The highest BCUT2D eigenvalue weighted by Gasteiger charge is 2.30. The summed E-state index contributed by atoms with van der Waals surface area (Å²) in [5.41, 5.74) is 3.33. The SMILES string of the molecule is CC1SCCN(CC(C(=O)NN)c2ccccc2)C1C. The van der Waals surface area contributed by atoms with Gasteiger partial charge in [0, 0.05) is 30.1 Å². The van der Waals surface area contributed by atoms with Crippen LogP contribution in [0.3, 0.4) is 0 Å². The summed E-state index contributed by atoms with van der Waals surface area (Å²) >= 11 is 2.00. The third-order valence-corrected chi connectivity index (χ3v) is 5.43. The van der Waals surface area contributed by atoms with Gasteiger partial charge in [-0.25, -0.2) is 5.84 Å². The number of nitrogens with one attached hydrogen (secondary N) is 1. The minimum atomic E-state index is -0.209. The Morgan fingerprint density at radius 1 is 1.45 bits per heavy atom. The molecule has 1 aliphatic heterocycles. The van der Waals surface area contributed by atoms with Crippen molar-refractivity contribution in [3.8, 4) is 0 Å². The molecular weight excluding hydrogens is 270 g/mol. The molecule has 0 aromatic heterocycles. The molecule has 0 radical (unpaired) electrons. The minimum Gasteiger partial charge on any atom is -0.298 e. The van der Waals surface area contributed by atoms with Crippen molar-refractivity contribution < 1.29 is 4.79 Å². The van der Waals surface area contributed by atoms with Crippen molar-refractivity contribution in [2.75, 3.05) is 18.8 Å². The monoisotopic (exact) mass is 293 g/mol. The molecule has 2 rings (SSSR count). The van der Waals surface area contributed by atoms with Gasteiger partial charge >= 0.3 is 0 Å². The number of hydrazine groups is 1. The average molecular weight is 293 g/mol. The normalized spacial score (nSPS) is 25.1. The predicted molar refractivity (Wildman–Crippen MR) is 84.5 cm³/mol. The predicted octanol–water partition coefficient (Wildman–Crippen LogP) is 1.59. The van der Waals surface area contributed by atoms with Gasteiger partial charge in [-0.15, -0.1) is 0 Å². The molecule has 0 aliphatic carbocycles. The van der Waals surface area contributed by atoms with Crippen molar-refractivity contribution in [3.05, 3.63) is 35.9 Å². The Morgan fingerprint density at radius 2 is 2.15 bits per heavy atom. The van der Waals surface area contributed by atoms with Gasteiger partial charge in [-0.2, -0.15) is 11.8 Å². The zero-order chi connectivity index (χ0) is 14.5. The highest BCUT2D eigenvalue weighted by Crippen LogP contribution is 2.27. The molecule has 1 aromatic rings. The number of amides is 1. The molecule has 3 unspecified atom stereocenters. The van der Waals surface area contributed by atoms with E-state index in [0.29, 0.717) is 11.3 Å². The van der Waals surface area contributed by atoms with Crippen LogP contribution in [0.15, 0.2) is 30.3 Å². The van der Waals surface area contributed by atoms with Crippen LogP contribution in [-0.2, 0) is 4.79 Å². The van der Waals surface area contributed by atoms with Gasteiger partial charge in [0.05, 0.1) is 5.92 Å². The summed E-state index contributed by atoms with van der Waals surface area (Å²) in [6.45, 7) is 6.23. The number of benzene rings is 1. The Balaban J connectivity index is 2.14. The second kappa shape index (κ2) is 7.11. The van der Waals surface area contributed by atoms with E-state index in [0.717, 1.165) is 24.4 Å². The van der Waals surface area contributed by atoms with Crippen molar-refractivity contribution >= 4 is 17.7 Å². The van der Waals surface area contributed by atoms with Crippen molar-refractivity contribution in [1.82, 2.24) is 10.3 Å². The highest BCUT2D eigenvalue weighted by molar-refractivity contribution is 8.00. The van der Waals surface area contributed by atoms with Crippen molar-refractivity contribution in [2.24, 2.45) is 5.84 Å². The smallest absolute Gasteiger partial charge is 0.242 e. The second-order valence-electron chi connectivity index (χ2n) is 5.28. The molecule has 1 heterocycles. The number of carbonyl (C=O) groups excluding carboxylic acids is 1. The topological polar surface area (TPSA) is 58.4 Å². The van der Waals surface area contributed by atoms with Crippen molar-refractivity contribution in [1.29, 1.82) is 0 Å². The van der Waals surface area contributed by atoms with Crippen molar-refractivity contribution in [3.63, 3.8) is 0 Å². The van der Waals surface area contributed by atoms with E-state index >= 15 is 0 Å². The third kappa shape index (κ3) is 3.53. The molecule has 1 fully saturated rings. The van der Waals surface area contributed by atoms with Gasteiger partial charge in [-0.3, -0.25) is 15.1 Å². The summed E-state index contributed by atoms with van der Waals surface area (Å²) in [5, 5.41) is 0.598. The van der Waals surface area contributed by atoms with Crippen molar-refractivity contribution in [2.45, 2.75) is 31.1 Å². The Kier molecular flexibility index (Phi) is 5.46. The molecule has 1 amide bonds. The summed E-state index contributed by atoms with van der Waals surface area (Å²) in [4.78, 5) is 14.5. The van der Waals surface area contributed by atoms with Gasteiger partial charge in [0.15, 0.2) is 0 Å². The molecule has 3 N–H and O–H groups in total. The standard InChI is InChI=1S/C15H23N3OS/c1-11-12(2)20-9-8-18(11)10-14(15(19)17-16)13-6-4-3-5-7-13/h3-7,11-12,14H,8-10,16H2,1-2H3,(H,17,19). The van der Waals surface area contributed by atoms with Crippen LogP contribution in [0.25, 0.3) is 0 Å². The first-order valence-corrected chi connectivity index (χ1v) is 8.09. The molecule has 1 aliphatic rings. The average Bonchev–Trinajstić information content (AvgIpc) is 2.49. The van der Waals surface area contributed by atoms with E-state index in [1.165, 1.54) is 0 Å². The maximum Gasteiger partial charge on any atom is 0.242 e. The maximum absolute atomic E-state index is 12.1. The molecule has 1 saturated heterocycles. The number of hydrogen-bond acceptors (Lipinski definition) is 4. The van der Waals surface area contributed by atoms with Gasteiger partial charge in [-0.1, -0.05) is 37.3 Å². The Labute approximate surface area is 125 Å². The summed E-state index contributed by atoms with van der Waals surface area (Å²) in [6, 6.07) is 10.3. The number of hydrogen-bond donors (Lipinski definition) is 2. The molecule has 3 atom stereocenters. The maximum atomic E-state index is 12.1. The Morgan fingerprint density at radius 3 is 2.80 bits per heavy atom. The van der Waals surface area contributed by atoms with Crippen LogP contribution < -0.4 is 11.3 Å². The zero-order valence-corrected chi connectivity index (χ0v) is 12.9. The molecule has 20 heavy (non-hydrogen) atoms. The number of thioether (sulfide) groups is 1. The van der Waals surface area contributed by atoms with E-state index in [1.54, 1.807) is 0 Å². The first-order valence-electron chi connectivity index (χ1n) is 7.04. The lowest BCUT2D eigenvalue weighted by atomic mass is 9.97. The second-order valence-corrected chi connectivity index (χ2v) is 6.77. The van der Waals surface area contributed by atoms with Crippen LogP contribution in [0.2, 0.25) is 0 Å². The number of carbonyl (C=O) groups is 1. The van der Waals surface area contributed by atoms with Gasteiger partial charge in [-0.05, 0) is 12.5 Å². The third-order valence-electron chi connectivity index (χ3n) is 4.09. The van der Waals surface area contributed by atoms with Gasteiger partial charge < -0.3 is 0 Å². The lowest BCUT2D eigenvalue weighted by Gasteiger charge is -2.39. The molecule has 4 nitrogen and oxygen atoms in total. The molecule has 0 saturated carbocycles. The fourth-order valence-corrected chi connectivity index (χ4v) is 3.78. The summed E-state index contributed by atoms with van der Waals surface area (Å²) in [7, 11) is 0. The minimum absolute atomic E-state index is 0.116. The zero-order valence-electron chi connectivity index (χ0n) is 12.1. The van der Waals surface area contributed by atoms with Crippen LogP contribution >= 0.6 is 11.8 Å². The number of nitrogens with zero attached hydrogens (tertiary/aromatic N) is 1. The van der Waals surface area contributed by atoms with Crippen LogP contribution in [0.4, 0.5) is 0 Å². The molecule has 1 aromatic carbocycles. The summed E-state index contributed by atoms with van der Waals surface area (Å²) < 4.78 is 0. The van der Waals surface area contributed by atoms with Gasteiger partial charge in [0.1, 0.15) is 0 Å². The van der Waals surface area contributed by atoms with Crippen LogP contribution in [-0.4, -0.2) is 40.9 Å². The molecular formula is C15H23N3OS. The van der Waals surface area contributed by atoms with E-state index in [9.17, 15) is 4.79 Å². The first kappa shape index (κ1) is 15.4. The molecule has 110 valence electrons. The van der Waals surface area contributed by atoms with Crippen LogP contribution in [0.1, 0.15) is 25.3 Å². The fraction of sp³-hybridized carbons (Fsp3) is 0.533. The van der Waals surface area contributed by atoms with Crippen LogP contribution in [0, 0.1) is 0 Å². The van der Waals surface area contributed by atoms with Gasteiger partial charge in [0.25, 0.3) is 0 Å². The fourth-order valence-electron chi connectivity index (χ4n) is 2.61. The molecule has 5 heteroatoms.